The molecule has 7 heteroatoms. The number of rotatable bonds is 4. The van der Waals surface area contributed by atoms with Gasteiger partial charge in [0, 0.05) is 24.9 Å². The zero-order valence-corrected chi connectivity index (χ0v) is 10.5. The molecule has 2 rings (SSSR count). The first-order valence-electron chi connectivity index (χ1n) is 5.48. The lowest BCUT2D eigenvalue weighted by molar-refractivity contribution is -0.384. The Bertz CT molecular complexity index is 616. The molecule has 2 heterocycles. The molecule has 0 aliphatic carbocycles. The number of hydrogen-bond donors (Lipinski definition) is 1. The molecule has 0 bridgehead atoms. The van der Waals surface area contributed by atoms with Crippen LogP contribution in [0.1, 0.15) is 0 Å². The molecule has 2 aromatic heterocycles. The predicted molar refractivity (Wildman–Crippen MR) is 70.2 cm³/mol. The van der Waals surface area contributed by atoms with E-state index in [0.717, 1.165) is 0 Å². The van der Waals surface area contributed by atoms with Crippen molar-refractivity contribution in [2.45, 2.75) is 0 Å². The van der Waals surface area contributed by atoms with Crippen LogP contribution in [0.4, 0.5) is 11.5 Å². The molecule has 0 unspecified atom stereocenters. The fraction of sp³-hybridized carbons (Fsp3) is 0.167. The van der Waals surface area contributed by atoms with Crippen LogP contribution >= 0.6 is 0 Å². The predicted octanol–water partition coefficient (Wildman–Crippen LogP) is 2.10. The lowest BCUT2D eigenvalue weighted by Gasteiger charge is -2.06. The first-order valence-corrected chi connectivity index (χ1v) is 5.48. The van der Waals surface area contributed by atoms with Crippen molar-refractivity contribution >= 4 is 11.5 Å². The molecule has 0 aromatic carbocycles. The van der Waals surface area contributed by atoms with Gasteiger partial charge in [-0.3, -0.25) is 15.1 Å². The molecule has 0 radical (unpaired) electrons. The summed E-state index contributed by atoms with van der Waals surface area (Å²) in [6, 6.07) is 4.62. The largest absolute Gasteiger partial charge is 0.495 e. The van der Waals surface area contributed by atoms with E-state index in [9.17, 15) is 10.1 Å². The summed E-state index contributed by atoms with van der Waals surface area (Å²) in [7, 11) is 3.20. The van der Waals surface area contributed by atoms with Gasteiger partial charge >= 0.3 is 0 Å². The molecule has 0 aliphatic heterocycles. The van der Waals surface area contributed by atoms with E-state index in [0.29, 0.717) is 17.1 Å². The quantitative estimate of drug-likeness (QED) is 0.668. The number of nitrogens with one attached hydrogen (secondary N) is 1. The summed E-state index contributed by atoms with van der Waals surface area (Å²) >= 11 is 0. The Morgan fingerprint density at radius 2 is 2.16 bits per heavy atom. The molecule has 7 nitrogen and oxygen atoms in total. The Morgan fingerprint density at radius 3 is 2.79 bits per heavy atom. The molecule has 19 heavy (non-hydrogen) atoms. The maximum Gasteiger partial charge on any atom is 0.295 e. The highest BCUT2D eigenvalue weighted by molar-refractivity contribution is 5.71. The SMILES string of the molecule is CNc1ccc([N+](=O)[O-])c(-c2cncc(OC)c2)n1. The molecular formula is C12H12N4O3. The molecule has 0 saturated carbocycles. The van der Waals surface area contributed by atoms with Gasteiger partial charge in [-0.15, -0.1) is 0 Å². The van der Waals surface area contributed by atoms with Gasteiger partial charge in [-0.1, -0.05) is 0 Å². The summed E-state index contributed by atoms with van der Waals surface area (Å²) in [4.78, 5) is 18.8. The van der Waals surface area contributed by atoms with Gasteiger partial charge < -0.3 is 10.1 Å². The van der Waals surface area contributed by atoms with Crippen LogP contribution in [0.5, 0.6) is 5.75 Å². The number of ether oxygens (including phenoxy) is 1. The second-order valence-corrected chi connectivity index (χ2v) is 3.68. The standard InChI is InChI=1S/C12H12N4O3/c1-13-11-4-3-10(16(17)18)12(15-11)8-5-9(19-2)7-14-6-8/h3-7H,1-2H3,(H,13,15). The molecule has 1 N–H and O–H groups in total. The van der Waals surface area contributed by atoms with Crippen molar-refractivity contribution in [1.82, 2.24) is 9.97 Å². The average molecular weight is 260 g/mol. The highest BCUT2D eigenvalue weighted by Crippen LogP contribution is 2.30. The average Bonchev–Trinajstić information content (AvgIpc) is 2.46. The van der Waals surface area contributed by atoms with Gasteiger partial charge in [0.2, 0.25) is 0 Å². The second-order valence-electron chi connectivity index (χ2n) is 3.68. The summed E-state index contributed by atoms with van der Waals surface area (Å²) in [5, 5.41) is 13.9. The van der Waals surface area contributed by atoms with Gasteiger partial charge in [-0.2, -0.15) is 0 Å². The molecule has 0 aliphatic rings. The molecule has 0 amide bonds. The fourth-order valence-electron chi connectivity index (χ4n) is 1.61. The van der Waals surface area contributed by atoms with Crippen LogP contribution in [0.2, 0.25) is 0 Å². The van der Waals surface area contributed by atoms with E-state index in [1.54, 1.807) is 19.2 Å². The summed E-state index contributed by atoms with van der Waals surface area (Å²) in [5.41, 5.74) is 0.709. The van der Waals surface area contributed by atoms with Gasteiger partial charge in [-0.25, -0.2) is 4.98 Å². The van der Waals surface area contributed by atoms with Crippen molar-refractivity contribution in [2.75, 3.05) is 19.5 Å². The van der Waals surface area contributed by atoms with E-state index < -0.39 is 4.92 Å². The summed E-state index contributed by atoms with van der Waals surface area (Å²) in [5.74, 6) is 1.06. The number of aromatic nitrogens is 2. The Balaban J connectivity index is 2.60. The maximum atomic E-state index is 11.0. The smallest absolute Gasteiger partial charge is 0.295 e. The minimum Gasteiger partial charge on any atom is -0.495 e. The number of hydrogen-bond acceptors (Lipinski definition) is 6. The second kappa shape index (κ2) is 5.30. The Hall–Kier alpha value is -2.70. The normalized spacial score (nSPS) is 10.0. The highest BCUT2D eigenvalue weighted by Gasteiger charge is 2.18. The van der Waals surface area contributed by atoms with Gasteiger partial charge in [0.05, 0.1) is 18.2 Å². The minimum atomic E-state index is -0.471. The van der Waals surface area contributed by atoms with Crippen LogP contribution in [-0.4, -0.2) is 29.0 Å². The van der Waals surface area contributed by atoms with E-state index in [1.807, 2.05) is 0 Å². The van der Waals surface area contributed by atoms with Gasteiger partial charge in [0.15, 0.2) is 5.69 Å². The van der Waals surface area contributed by atoms with E-state index in [4.69, 9.17) is 4.74 Å². The van der Waals surface area contributed by atoms with Crippen LogP contribution < -0.4 is 10.1 Å². The number of nitro groups is 1. The third-order valence-corrected chi connectivity index (χ3v) is 2.55. The molecule has 0 atom stereocenters. The number of methoxy groups -OCH3 is 1. The van der Waals surface area contributed by atoms with E-state index in [2.05, 4.69) is 15.3 Å². The Kier molecular flexibility index (Phi) is 3.56. The topological polar surface area (TPSA) is 90.2 Å². The van der Waals surface area contributed by atoms with E-state index in [-0.39, 0.29) is 11.4 Å². The minimum absolute atomic E-state index is 0.0750. The zero-order chi connectivity index (χ0) is 13.8. The lowest BCUT2D eigenvalue weighted by atomic mass is 10.1. The van der Waals surface area contributed by atoms with Crippen molar-refractivity contribution < 1.29 is 9.66 Å². The van der Waals surface area contributed by atoms with Crippen LogP contribution in [0, 0.1) is 10.1 Å². The number of nitrogens with zero attached hydrogens (tertiary/aromatic N) is 3. The summed E-state index contributed by atoms with van der Waals surface area (Å²) < 4.78 is 5.06. The first-order chi connectivity index (χ1) is 9.15. The zero-order valence-electron chi connectivity index (χ0n) is 10.5. The van der Waals surface area contributed by atoms with Crippen LogP contribution in [0.25, 0.3) is 11.3 Å². The fourth-order valence-corrected chi connectivity index (χ4v) is 1.61. The third kappa shape index (κ3) is 2.59. The van der Waals surface area contributed by atoms with Crippen molar-refractivity contribution in [3.05, 3.63) is 40.7 Å². The number of anilines is 1. The van der Waals surface area contributed by atoms with E-state index >= 15 is 0 Å². The van der Waals surface area contributed by atoms with Gasteiger partial charge in [-0.05, 0) is 12.1 Å². The van der Waals surface area contributed by atoms with Crippen molar-refractivity contribution in [3.63, 3.8) is 0 Å². The Labute approximate surface area is 109 Å². The highest BCUT2D eigenvalue weighted by atomic mass is 16.6. The Morgan fingerprint density at radius 1 is 1.37 bits per heavy atom. The lowest BCUT2D eigenvalue weighted by Crippen LogP contribution is -1.99. The molecule has 0 saturated heterocycles. The van der Waals surface area contributed by atoms with Crippen LogP contribution in [-0.2, 0) is 0 Å². The van der Waals surface area contributed by atoms with Crippen molar-refractivity contribution in [3.8, 4) is 17.0 Å². The summed E-state index contributed by atoms with van der Waals surface area (Å²) in [6.07, 6.45) is 3.04. The molecule has 0 fully saturated rings. The maximum absolute atomic E-state index is 11.0. The van der Waals surface area contributed by atoms with Crippen molar-refractivity contribution in [1.29, 1.82) is 0 Å². The number of pyridine rings is 2. The molecule has 98 valence electrons. The van der Waals surface area contributed by atoms with Gasteiger partial charge in [0.25, 0.3) is 5.69 Å². The van der Waals surface area contributed by atoms with Crippen molar-refractivity contribution in [2.24, 2.45) is 0 Å². The summed E-state index contributed by atoms with van der Waals surface area (Å²) in [6.45, 7) is 0. The first kappa shape index (κ1) is 12.7. The van der Waals surface area contributed by atoms with Gasteiger partial charge in [0.1, 0.15) is 11.6 Å². The molecular weight excluding hydrogens is 248 g/mol. The molecule has 0 spiro atoms. The third-order valence-electron chi connectivity index (χ3n) is 2.55. The monoisotopic (exact) mass is 260 g/mol. The molecule has 2 aromatic rings. The van der Waals surface area contributed by atoms with Crippen LogP contribution in [0.3, 0.4) is 0 Å². The van der Waals surface area contributed by atoms with E-state index in [1.165, 1.54) is 25.6 Å². The van der Waals surface area contributed by atoms with Crippen LogP contribution in [0.15, 0.2) is 30.6 Å².